The molecule has 0 aliphatic carbocycles. The van der Waals surface area contributed by atoms with Crippen molar-refractivity contribution in [2.24, 2.45) is 0 Å². The SMILES string of the molecule is Clc1cccnc1N(/C=C/C=C\c1cn(-c2ccccc2)c2ccccc12)c1nc(-c2ccccc2)nc(-c2cccc(-c3ccccc3)c2)n1. The van der Waals surface area contributed by atoms with Gasteiger partial charge in [-0.2, -0.15) is 9.97 Å². The Kier molecular flexibility index (Phi) is 8.97. The molecule has 5 aromatic carbocycles. The van der Waals surface area contributed by atoms with Gasteiger partial charge in [0, 0.05) is 46.4 Å². The topological polar surface area (TPSA) is 59.7 Å². The highest BCUT2D eigenvalue weighted by Crippen LogP contribution is 2.32. The van der Waals surface area contributed by atoms with Crippen molar-refractivity contribution in [3.8, 4) is 39.6 Å². The molecule has 3 heterocycles. The van der Waals surface area contributed by atoms with Crippen molar-refractivity contribution in [1.82, 2.24) is 24.5 Å². The molecule has 0 amide bonds. The third kappa shape index (κ3) is 6.81. The second-order valence-corrected chi connectivity index (χ2v) is 12.2. The molecule has 0 spiro atoms. The molecule has 8 aromatic rings. The molecule has 0 unspecified atom stereocenters. The van der Waals surface area contributed by atoms with Gasteiger partial charge < -0.3 is 4.57 Å². The third-order valence-corrected chi connectivity index (χ3v) is 8.76. The Bertz CT molecular complexity index is 2490. The average Bonchev–Trinajstić information content (AvgIpc) is 3.58. The van der Waals surface area contributed by atoms with Crippen molar-refractivity contribution in [1.29, 1.82) is 0 Å². The largest absolute Gasteiger partial charge is 0.316 e. The van der Waals surface area contributed by atoms with E-state index in [1.54, 1.807) is 17.2 Å². The summed E-state index contributed by atoms with van der Waals surface area (Å²) in [4.78, 5) is 21.4. The minimum absolute atomic E-state index is 0.384. The normalized spacial score (nSPS) is 11.5. The molecule has 0 N–H and O–H groups in total. The van der Waals surface area contributed by atoms with E-state index in [0.29, 0.717) is 28.4 Å². The van der Waals surface area contributed by atoms with E-state index >= 15 is 0 Å². The van der Waals surface area contributed by atoms with E-state index < -0.39 is 0 Å². The van der Waals surface area contributed by atoms with Crippen LogP contribution in [0.1, 0.15) is 5.56 Å². The van der Waals surface area contributed by atoms with Gasteiger partial charge in [0.2, 0.25) is 5.95 Å². The molecule has 0 aliphatic heterocycles. The fourth-order valence-corrected chi connectivity index (χ4v) is 6.22. The van der Waals surface area contributed by atoms with Gasteiger partial charge in [0.25, 0.3) is 0 Å². The minimum atomic E-state index is 0.384. The number of benzene rings is 5. The fraction of sp³-hybridized carbons (Fsp3) is 0. The van der Waals surface area contributed by atoms with Crippen LogP contribution in [-0.2, 0) is 0 Å². The van der Waals surface area contributed by atoms with Crippen molar-refractivity contribution in [3.05, 3.63) is 193 Å². The number of halogens is 1. The molecule has 0 bridgehead atoms. The van der Waals surface area contributed by atoms with Crippen LogP contribution in [0, 0.1) is 0 Å². The number of para-hydroxylation sites is 2. The molecule has 0 fully saturated rings. The van der Waals surface area contributed by atoms with Crippen LogP contribution in [0.25, 0.3) is 56.6 Å². The van der Waals surface area contributed by atoms with Crippen molar-refractivity contribution in [2.75, 3.05) is 4.90 Å². The van der Waals surface area contributed by atoms with Gasteiger partial charge in [0.1, 0.15) is 0 Å². The minimum Gasteiger partial charge on any atom is -0.316 e. The highest BCUT2D eigenvalue weighted by molar-refractivity contribution is 6.33. The Labute approximate surface area is 301 Å². The Balaban J connectivity index is 1.22. The van der Waals surface area contributed by atoms with E-state index in [1.807, 2.05) is 91.1 Å². The lowest BCUT2D eigenvalue weighted by atomic mass is 10.0. The van der Waals surface area contributed by atoms with Crippen LogP contribution in [0.2, 0.25) is 5.02 Å². The zero-order valence-electron chi connectivity index (χ0n) is 27.5. The van der Waals surface area contributed by atoms with E-state index in [0.717, 1.165) is 44.4 Å². The number of anilines is 2. The molecule has 0 saturated heterocycles. The lowest BCUT2D eigenvalue weighted by Crippen LogP contribution is -2.15. The van der Waals surface area contributed by atoms with Crippen LogP contribution in [0.3, 0.4) is 0 Å². The number of rotatable bonds is 9. The molecule has 244 valence electrons. The second-order valence-electron chi connectivity index (χ2n) is 11.8. The summed E-state index contributed by atoms with van der Waals surface area (Å²) in [5.74, 6) is 1.95. The summed E-state index contributed by atoms with van der Waals surface area (Å²) in [5.41, 5.74) is 7.25. The van der Waals surface area contributed by atoms with E-state index in [4.69, 9.17) is 26.6 Å². The molecule has 0 saturated carbocycles. The summed E-state index contributed by atoms with van der Waals surface area (Å²) in [7, 11) is 0. The molecule has 51 heavy (non-hydrogen) atoms. The first-order valence-electron chi connectivity index (χ1n) is 16.6. The Morgan fingerprint density at radius 2 is 1.22 bits per heavy atom. The maximum Gasteiger partial charge on any atom is 0.239 e. The van der Waals surface area contributed by atoms with Gasteiger partial charge in [-0.1, -0.05) is 139 Å². The van der Waals surface area contributed by atoms with Gasteiger partial charge in [-0.15, -0.1) is 0 Å². The number of pyridine rings is 1. The maximum atomic E-state index is 6.78. The van der Waals surface area contributed by atoms with E-state index in [2.05, 4.69) is 94.6 Å². The number of hydrogen-bond acceptors (Lipinski definition) is 5. The van der Waals surface area contributed by atoms with Crippen molar-refractivity contribution >= 4 is 40.3 Å². The van der Waals surface area contributed by atoms with Gasteiger partial charge in [0.05, 0.1) is 10.5 Å². The average molecular weight is 679 g/mol. The molecule has 6 nitrogen and oxygen atoms in total. The van der Waals surface area contributed by atoms with Gasteiger partial charge in [-0.05, 0) is 53.6 Å². The van der Waals surface area contributed by atoms with Crippen LogP contribution in [0.15, 0.2) is 182 Å². The van der Waals surface area contributed by atoms with Crippen LogP contribution in [0.4, 0.5) is 11.8 Å². The molecular weight excluding hydrogens is 648 g/mol. The first-order chi connectivity index (χ1) is 25.2. The Morgan fingerprint density at radius 3 is 1.98 bits per heavy atom. The number of hydrogen-bond donors (Lipinski definition) is 0. The highest BCUT2D eigenvalue weighted by atomic mass is 35.5. The number of aromatic nitrogens is 5. The second kappa shape index (κ2) is 14.5. The predicted octanol–water partition coefficient (Wildman–Crippen LogP) is 11.2. The van der Waals surface area contributed by atoms with Crippen molar-refractivity contribution < 1.29 is 0 Å². The van der Waals surface area contributed by atoms with Gasteiger partial charge in [-0.25, -0.2) is 9.97 Å². The summed E-state index contributed by atoms with van der Waals surface area (Å²) >= 11 is 6.78. The van der Waals surface area contributed by atoms with Crippen LogP contribution in [0.5, 0.6) is 0 Å². The number of fused-ring (bicyclic) bond motifs is 1. The van der Waals surface area contributed by atoms with E-state index in [1.165, 1.54) is 0 Å². The molecule has 0 aliphatic rings. The molecule has 3 aromatic heterocycles. The molecule has 0 atom stereocenters. The van der Waals surface area contributed by atoms with Gasteiger partial charge in [0.15, 0.2) is 17.5 Å². The monoisotopic (exact) mass is 678 g/mol. The lowest BCUT2D eigenvalue weighted by Gasteiger charge is -2.19. The number of nitrogens with zero attached hydrogens (tertiary/aromatic N) is 6. The zero-order valence-corrected chi connectivity index (χ0v) is 28.2. The van der Waals surface area contributed by atoms with Gasteiger partial charge >= 0.3 is 0 Å². The maximum absolute atomic E-state index is 6.78. The van der Waals surface area contributed by atoms with E-state index in [-0.39, 0.29) is 0 Å². The lowest BCUT2D eigenvalue weighted by molar-refractivity contribution is 1.00. The van der Waals surface area contributed by atoms with Crippen molar-refractivity contribution in [3.63, 3.8) is 0 Å². The van der Waals surface area contributed by atoms with E-state index in [9.17, 15) is 0 Å². The zero-order chi connectivity index (χ0) is 34.4. The fourth-order valence-electron chi connectivity index (χ4n) is 6.01. The first kappa shape index (κ1) is 31.6. The summed E-state index contributed by atoms with van der Waals surface area (Å²) in [6.07, 6.45) is 11.8. The summed E-state index contributed by atoms with van der Waals surface area (Å²) < 4.78 is 2.21. The smallest absolute Gasteiger partial charge is 0.239 e. The third-order valence-electron chi connectivity index (χ3n) is 8.47. The predicted molar refractivity (Wildman–Crippen MR) is 209 cm³/mol. The Hall–Kier alpha value is -6.63. The standard InChI is InChI=1S/C44H31ClN6/c45-39-26-15-28-46-43(39)50(29-13-12-20-36-31-51(37-23-8-3-9-24-37)40-27-11-10-25-38(36)40)44-48-41(33-18-6-2-7-19-33)47-42(49-44)35-22-14-21-34(30-35)32-16-4-1-5-17-32/h1-31H/b20-12-,29-13+. The van der Waals surface area contributed by atoms with Crippen LogP contribution >= 0.6 is 11.6 Å². The summed E-state index contributed by atoms with van der Waals surface area (Å²) in [6, 6.07) is 50.8. The summed E-state index contributed by atoms with van der Waals surface area (Å²) in [5, 5.41) is 1.62. The molecule has 8 rings (SSSR count). The molecular formula is C44H31ClN6. The van der Waals surface area contributed by atoms with Crippen LogP contribution in [-0.4, -0.2) is 24.5 Å². The Morgan fingerprint density at radius 1 is 0.569 bits per heavy atom. The molecule has 7 heteroatoms. The van der Waals surface area contributed by atoms with Crippen LogP contribution < -0.4 is 4.90 Å². The highest BCUT2D eigenvalue weighted by Gasteiger charge is 2.19. The summed E-state index contributed by atoms with van der Waals surface area (Å²) in [6.45, 7) is 0. The van der Waals surface area contributed by atoms with Gasteiger partial charge in [-0.3, -0.25) is 4.90 Å². The quantitative estimate of drug-likeness (QED) is 0.142. The first-order valence-corrected chi connectivity index (χ1v) is 17.0. The molecule has 0 radical (unpaired) electrons. The van der Waals surface area contributed by atoms with Crippen molar-refractivity contribution in [2.45, 2.75) is 0 Å². The number of allylic oxidation sites excluding steroid dienone is 2.